The Labute approximate surface area is 49.5 Å². The number of aliphatic hydroxyl groups is 1. The zero-order valence-electron chi connectivity index (χ0n) is 5.05. The second-order valence-electron chi connectivity index (χ2n) is 1.88. The molecule has 0 saturated heterocycles. The Morgan fingerprint density at radius 3 is 2.75 bits per heavy atom. The summed E-state index contributed by atoms with van der Waals surface area (Å²) in [4.78, 5) is 9.80. The second-order valence-corrected chi connectivity index (χ2v) is 1.88. The molecule has 0 aromatic rings. The third-order valence-corrected chi connectivity index (χ3v) is 0.996. The van der Waals surface area contributed by atoms with E-state index in [1.165, 1.54) is 0 Å². The fourth-order valence-corrected chi connectivity index (χ4v) is 0.456. The summed E-state index contributed by atoms with van der Waals surface area (Å²) in [5, 5.41) is 8.28. The Morgan fingerprint density at radius 1 is 1.75 bits per heavy atom. The fourth-order valence-electron chi connectivity index (χ4n) is 0.456. The highest BCUT2D eigenvalue weighted by molar-refractivity contribution is 5.53. The van der Waals surface area contributed by atoms with Crippen molar-refractivity contribution in [2.24, 2.45) is 5.92 Å². The molecule has 1 unspecified atom stereocenters. The van der Waals surface area contributed by atoms with Crippen LogP contribution in [0.25, 0.3) is 0 Å². The van der Waals surface area contributed by atoms with E-state index in [0.29, 0.717) is 6.42 Å². The third-order valence-electron chi connectivity index (χ3n) is 0.996. The fraction of sp³-hybridized carbons (Fsp3) is 0.833. The Bertz CT molecular complexity index is 61.5. The van der Waals surface area contributed by atoms with Crippen molar-refractivity contribution >= 4 is 6.29 Å². The summed E-state index contributed by atoms with van der Waals surface area (Å²) in [6.07, 6.45) is 3.29. The SMILES string of the molecule is CC([C]=O)CCCO. The van der Waals surface area contributed by atoms with Gasteiger partial charge in [0.05, 0.1) is 0 Å². The van der Waals surface area contributed by atoms with Crippen LogP contribution in [-0.4, -0.2) is 18.0 Å². The highest BCUT2D eigenvalue weighted by atomic mass is 16.2. The lowest BCUT2D eigenvalue weighted by molar-refractivity contribution is 0.279. The summed E-state index contributed by atoms with van der Waals surface area (Å²) in [7, 11) is 0. The van der Waals surface area contributed by atoms with Gasteiger partial charge in [0, 0.05) is 12.5 Å². The van der Waals surface area contributed by atoms with Gasteiger partial charge in [-0.15, -0.1) is 0 Å². The molecule has 0 saturated carbocycles. The van der Waals surface area contributed by atoms with Gasteiger partial charge in [0.2, 0.25) is 6.29 Å². The van der Waals surface area contributed by atoms with Crippen LogP contribution in [0.5, 0.6) is 0 Å². The lowest BCUT2D eigenvalue weighted by Crippen LogP contribution is -1.96. The topological polar surface area (TPSA) is 37.3 Å². The molecule has 0 rings (SSSR count). The molecule has 0 aliphatic carbocycles. The van der Waals surface area contributed by atoms with E-state index >= 15 is 0 Å². The average Bonchev–Trinajstić information content (AvgIpc) is 1.83. The minimum Gasteiger partial charge on any atom is -0.396 e. The standard InChI is InChI=1S/C6H11O2/c1-6(5-8)3-2-4-7/h6-7H,2-4H2,1H3. The maximum Gasteiger partial charge on any atom is 0.201 e. The highest BCUT2D eigenvalue weighted by Gasteiger charge is 1.97. The molecule has 8 heavy (non-hydrogen) atoms. The van der Waals surface area contributed by atoms with Crippen LogP contribution in [0.3, 0.4) is 0 Å². The Balaban J connectivity index is 2.98. The van der Waals surface area contributed by atoms with Crippen molar-refractivity contribution < 1.29 is 9.90 Å². The molecule has 0 fully saturated rings. The average molecular weight is 115 g/mol. The minimum absolute atomic E-state index is 0.0119. The van der Waals surface area contributed by atoms with E-state index in [1.54, 1.807) is 6.92 Å². The van der Waals surface area contributed by atoms with Crippen molar-refractivity contribution in [3.63, 3.8) is 0 Å². The summed E-state index contributed by atoms with van der Waals surface area (Å²) in [6, 6.07) is 0. The highest BCUT2D eigenvalue weighted by Crippen LogP contribution is 1.99. The Hall–Kier alpha value is -0.370. The van der Waals surface area contributed by atoms with Gasteiger partial charge in [0.1, 0.15) is 0 Å². The summed E-state index contributed by atoms with van der Waals surface area (Å²) in [5.41, 5.74) is 0. The van der Waals surface area contributed by atoms with Gasteiger partial charge < -0.3 is 5.11 Å². The molecule has 0 aliphatic heterocycles. The van der Waals surface area contributed by atoms with Crippen molar-refractivity contribution in [3.8, 4) is 0 Å². The molecule has 0 aromatic heterocycles. The van der Waals surface area contributed by atoms with Crippen LogP contribution >= 0.6 is 0 Å². The van der Waals surface area contributed by atoms with Crippen molar-refractivity contribution in [2.45, 2.75) is 19.8 Å². The molecule has 2 heteroatoms. The van der Waals surface area contributed by atoms with E-state index in [0.717, 1.165) is 6.42 Å². The number of carbonyl (C=O) groups excluding carboxylic acids is 1. The van der Waals surface area contributed by atoms with Crippen LogP contribution in [0.4, 0.5) is 0 Å². The first-order chi connectivity index (χ1) is 3.81. The molecule has 1 N–H and O–H groups in total. The van der Waals surface area contributed by atoms with Gasteiger partial charge in [-0.2, -0.15) is 0 Å². The molecular formula is C6H11O2. The molecule has 0 aliphatic rings. The first-order valence-electron chi connectivity index (χ1n) is 2.79. The Morgan fingerprint density at radius 2 is 2.38 bits per heavy atom. The number of hydrogen-bond acceptors (Lipinski definition) is 2. The number of rotatable bonds is 4. The molecule has 0 heterocycles. The van der Waals surface area contributed by atoms with Gasteiger partial charge in [-0.3, -0.25) is 4.79 Å². The van der Waals surface area contributed by atoms with Gasteiger partial charge in [-0.05, 0) is 12.8 Å². The molecule has 1 radical (unpaired) electrons. The molecule has 0 bridgehead atoms. The van der Waals surface area contributed by atoms with Crippen LogP contribution in [-0.2, 0) is 4.79 Å². The smallest absolute Gasteiger partial charge is 0.201 e. The van der Waals surface area contributed by atoms with Crippen molar-refractivity contribution in [3.05, 3.63) is 0 Å². The Kier molecular flexibility index (Phi) is 4.56. The lowest BCUT2D eigenvalue weighted by Gasteiger charge is -1.96. The minimum atomic E-state index is -0.0119. The molecule has 0 amide bonds. The van der Waals surface area contributed by atoms with Gasteiger partial charge in [0.15, 0.2) is 0 Å². The third kappa shape index (κ3) is 3.81. The van der Waals surface area contributed by atoms with Crippen LogP contribution in [0.2, 0.25) is 0 Å². The molecule has 2 nitrogen and oxygen atoms in total. The van der Waals surface area contributed by atoms with Crippen molar-refractivity contribution in [2.75, 3.05) is 6.61 Å². The van der Waals surface area contributed by atoms with Gasteiger partial charge in [0.25, 0.3) is 0 Å². The molecule has 0 spiro atoms. The van der Waals surface area contributed by atoms with Crippen molar-refractivity contribution in [1.29, 1.82) is 0 Å². The zero-order chi connectivity index (χ0) is 6.41. The molecule has 47 valence electrons. The van der Waals surface area contributed by atoms with Crippen molar-refractivity contribution in [1.82, 2.24) is 0 Å². The lowest BCUT2D eigenvalue weighted by atomic mass is 10.1. The van der Waals surface area contributed by atoms with Gasteiger partial charge in [-0.25, -0.2) is 0 Å². The molecule has 1 atom stereocenters. The van der Waals surface area contributed by atoms with Crippen LogP contribution in [0, 0.1) is 5.92 Å². The largest absolute Gasteiger partial charge is 0.396 e. The van der Waals surface area contributed by atoms with Crippen LogP contribution < -0.4 is 0 Å². The predicted molar refractivity (Wildman–Crippen MR) is 31.2 cm³/mol. The quantitative estimate of drug-likeness (QED) is 0.579. The number of hydrogen-bond donors (Lipinski definition) is 1. The summed E-state index contributed by atoms with van der Waals surface area (Å²) in [5.74, 6) is -0.0119. The zero-order valence-corrected chi connectivity index (χ0v) is 5.05. The van der Waals surface area contributed by atoms with Gasteiger partial charge in [-0.1, -0.05) is 6.92 Å². The van der Waals surface area contributed by atoms with E-state index in [4.69, 9.17) is 5.11 Å². The van der Waals surface area contributed by atoms with E-state index in [2.05, 4.69) is 0 Å². The van der Waals surface area contributed by atoms with E-state index < -0.39 is 0 Å². The first-order valence-corrected chi connectivity index (χ1v) is 2.79. The monoisotopic (exact) mass is 115 g/mol. The maximum atomic E-state index is 9.80. The molecule has 0 aromatic carbocycles. The molecular weight excluding hydrogens is 104 g/mol. The maximum absolute atomic E-state index is 9.80. The summed E-state index contributed by atoms with van der Waals surface area (Å²) < 4.78 is 0. The first kappa shape index (κ1) is 7.63. The van der Waals surface area contributed by atoms with E-state index in [9.17, 15) is 4.79 Å². The van der Waals surface area contributed by atoms with Gasteiger partial charge >= 0.3 is 0 Å². The van der Waals surface area contributed by atoms with E-state index in [1.807, 2.05) is 6.29 Å². The second kappa shape index (κ2) is 4.78. The summed E-state index contributed by atoms with van der Waals surface area (Å²) >= 11 is 0. The van der Waals surface area contributed by atoms with Crippen LogP contribution in [0.1, 0.15) is 19.8 Å². The normalized spacial score (nSPS) is 13.2. The number of aliphatic hydroxyl groups excluding tert-OH is 1. The van der Waals surface area contributed by atoms with E-state index in [-0.39, 0.29) is 12.5 Å². The predicted octanol–water partition coefficient (Wildman–Crippen LogP) is 0.505. The van der Waals surface area contributed by atoms with Crippen LogP contribution in [0.15, 0.2) is 0 Å². The summed E-state index contributed by atoms with van der Waals surface area (Å²) in [6.45, 7) is 1.97.